The van der Waals surface area contributed by atoms with E-state index in [0.717, 1.165) is 0 Å². The molecule has 1 aromatic rings. The van der Waals surface area contributed by atoms with Crippen LogP contribution in [0.3, 0.4) is 0 Å². The Balaban J connectivity index is 2.96. The van der Waals surface area contributed by atoms with E-state index in [1.54, 1.807) is 13.8 Å². The maximum atomic E-state index is 11.7. The highest BCUT2D eigenvalue weighted by Crippen LogP contribution is 2.29. The van der Waals surface area contributed by atoms with E-state index in [9.17, 15) is 19.7 Å². The van der Waals surface area contributed by atoms with Crippen molar-refractivity contribution >= 4 is 34.9 Å². The maximum absolute atomic E-state index is 11.7. The Morgan fingerprint density at radius 2 is 1.75 bits per heavy atom. The first-order valence-electron chi connectivity index (χ1n) is 7.39. The molecule has 0 aliphatic heterocycles. The van der Waals surface area contributed by atoms with E-state index in [0.29, 0.717) is 0 Å². The Morgan fingerprint density at radius 3 is 2.21 bits per heavy atom. The summed E-state index contributed by atoms with van der Waals surface area (Å²) in [6.07, 6.45) is -0.265. The number of carbonyl (C=O) groups is 2. The highest BCUT2D eigenvalue weighted by atomic mass is 35.5. The summed E-state index contributed by atoms with van der Waals surface area (Å²) in [5, 5.41) is 14.2. The van der Waals surface area contributed by atoms with Gasteiger partial charge in [0.15, 0.2) is 0 Å². The van der Waals surface area contributed by atoms with Crippen LogP contribution in [0, 0.1) is 10.1 Å². The number of halogens is 1. The molecular formula is C15H19ClN2O6. The fourth-order valence-corrected chi connectivity index (χ4v) is 2.18. The van der Waals surface area contributed by atoms with Crippen LogP contribution >= 0.6 is 11.6 Å². The quantitative estimate of drug-likeness (QED) is 0.410. The van der Waals surface area contributed by atoms with Gasteiger partial charge in [0.1, 0.15) is 5.69 Å². The predicted molar refractivity (Wildman–Crippen MR) is 88.0 cm³/mol. The second-order valence-corrected chi connectivity index (χ2v) is 5.21. The van der Waals surface area contributed by atoms with E-state index in [-0.39, 0.29) is 42.5 Å². The molecule has 132 valence electrons. The Labute approximate surface area is 144 Å². The highest BCUT2D eigenvalue weighted by Gasteiger charge is 2.23. The zero-order valence-electron chi connectivity index (χ0n) is 13.4. The van der Waals surface area contributed by atoms with Crippen LogP contribution in [0.4, 0.5) is 11.4 Å². The molecule has 9 heteroatoms. The molecule has 1 aromatic carbocycles. The summed E-state index contributed by atoms with van der Waals surface area (Å²) in [5.41, 5.74) is -0.0942. The van der Waals surface area contributed by atoms with Crippen LogP contribution in [-0.2, 0) is 19.1 Å². The van der Waals surface area contributed by atoms with Crippen LogP contribution in [0.25, 0.3) is 0 Å². The summed E-state index contributed by atoms with van der Waals surface area (Å²) in [6, 6.07) is 3.38. The molecule has 0 unspecified atom stereocenters. The van der Waals surface area contributed by atoms with Gasteiger partial charge in [0.05, 0.1) is 31.0 Å². The second-order valence-electron chi connectivity index (χ2n) is 4.78. The average Bonchev–Trinajstić information content (AvgIpc) is 2.49. The van der Waals surface area contributed by atoms with Gasteiger partial charge in [-0.15, -0.1) is 0 Å². The van der Waals surface area contributed by atoms with Gasteiger partial charge in [-0.3, -0.25) is 19.7 Å². The van der Waals surface area contributed by atoms with Crippen LogP contribution in [0.1, 0.15) is 26.7 Å². The SMILES string of the molecule is CCOC(=O)CC(CC(=O)OCC)Nc1ccc(Cl)cc1[N+](=O)[O-]. The zero-order chi connectivity index (χ0) is 18.1. The van der Waals surface area contributed by atoms with Gasteiger partial charge in [0.2, 0.25) is 0 Å². The zero-order valence-corrected chi connectivity index (χ0v) is 14.2. The molecule has 0 saturated heterocycles. The maximum Gasteiger partial charge on any atom is 0.307 e. The van der Waals surface area contributed by atoms with Gasteiger partial charge in [-0.2, -0.15) is 0 Å². The van der Waals surface area contributed by atoms with Crippen molar-refractivity contribution < 1.29 is 24.0 Å². The van der Waals surface area contributed by atoms with E-state index in [2.05, 4.69) is 5.32 Å². The molecule has 0 atom stereocenters. The Kier molecular flexibility index (Phi) is 7.97. The lowest BCUT2D eigenvalue weighted by molar-refractivity contribution is -0.384. The molecule has 0 radical (unpaired) electrons. The summed E-state index contributed by atoms with van der Waals surface area (Å²) in [7, 11) is 0. The average molecular weight is 359 g/mol. The van der Waals surface area contributed by atoms with Gasteiger partial charge in [-0.05, 0) is 26.0 Å². The molecule has 0 bridgehead atoms. The van der Waals surface area contributed by atoms with E-state index in [1.807, 2.05) is 0 Å². The fourth-order valence-electron chi connectivity index (χ4n) is 2.01. The number of carbonyl (C=O) groups excluding carboxylic acids is 2. The third kappa shape index (κ3) is 6.41. The first-order chi connectivity index (χ1) is 11.4. The molecule has 0 spiro atoms. The first-order valence-corrected chi connectivity index (χ1v) is 7.76. The summed E-state index contributed by atoms with van der Waals surface area (Å²) < 4.78 is 9.72. The number of hydrogen-bond donors (Lipinski definition) is 1. The minimum Gasteiger partial charge on any atom is -0.466 e. The van der Waals surface area contributed by atoms with Crippen LogP contribution in [0.15, 0.2) is 18.2 Å². The standard InChI is InChI=1S/C15H19ClN2O6/c1-3-23-14(19)8-11(9-15(20)24-4-2)17-12-6-5-10(16)7-13(12)18(21)22/h5-7,11,17H,3-4,8-9H2,1-2H3. The lowest BCUT2D eigenvalue weighted by Crippen LogP contribution is -2.28. The summed E-state index contributed by atoms with van der Waals surface area (Å²) in [5.74, 6) is -1.04. The second kappa shape index (κ2) is 9.71. The van der Waals surface area contributed by atoms with Crippen LogP contribution in [0.5, 0.6) is 0 Å². The third-order valence-electron chi connectivity index (χ3n) is 2.95. The largest absolute Gasteiger partial charge is 0.466 e. The van der Waals surface area contributed by atoms with Gasteiger partial charge in [0.25, 0.3) is 5.69 Å². The number of benzene rings is 1. The van der Waals surface area contributed by atoms with E-state index in [1.165, 1.54) is 18.2 Å². The monoisotopic (exact) mass is 358 g/mol. The van der Waals surface area contributed by atoms with Gasteiger partial charge in [-0.25, -0.2) is 0 Å². The Bertz CT molecular complexity index is 588. The van der Waals surface area contributed by atoms with Crippen molar-refractivity contribution in [2.45, 2.75) is 32.7 Å². The van der Waals surface area contributed by atoms with Gasteiger partial charge < -0.3 is 14.8 Å². The van der Waals surface area contributed by atoms with Crippen molar-refractivity contribution in [1.82, 2.24) is 0 Å². The first kappa shape index (κ1) is 19.7. The summed E-state index contributed by atoms with van der Waals surface area (Å²) in [4.78, 5) is 33.9. The number of nitrogens with one attached hydrogen (secondary N) is 1. The van der Waals surface area contributed by atoms with Crippen molar-refractivity contribution in [3.05, 3.63) is 33.3 Å². The lowest BCUT2D eigenvalue weighted by atomic mass is 10.1. The number of hydrogen-bond acceptors (Lipinski definition) is 7. The van der Waals surface area contributed by atoms with E-state index >= 15 is 0 Å². The molecule has 0 saturated carbocycles. The van der Waals surface area contributed by atoms with Crippen molar-refractivity contribution in [2.75, 3.05) is 18.5 Å². The smallest absolute Gasteiger partial charge is 0.307 e. The molecule has 1 N–H and O–H groups in total. The number of rotatable bonds is 9. The molecule has 0 heterocycles. The highest BCUT2D eigenvalue weighted by molar-refractivity contribution is 6.30. The number of nitro benzene ring substituents is 1. The Morgan fingerprint density at radius 1 is 1.21 bits per heavy atom. The molecule has 0 aliphatic carbocycles. The minimum atomic E-state index is -0.706. The van der Waals surface area contributed by atoms with Gasteiger partial charge >= 0.3 is 11.9 Å². The third-order valence-corrected chi connectivity index (χ3v) is 3.19. The van der Waals surface area contributed by atoms with E-state index < -0.39 is 22.9 Å². The van der Waals surface area contributed by atoms with Crippen molar-refractivity contribution in [3.8, 4) is 0 Å². The Hall–Kier alpha value is -2.35. The molecule has 1 rings (SSSR count). The minimum absolute atomic E-state index is 0.133. The van der Waals surface area contributed by atoms with Crippen LogP contribution in [0.2, 0.25) is 5.02 Å². The molecule has 0 fully saturated rings. The summed E-state index contributed by atoms with van der Waals surface area (Å²) in [6.45, 7) is 3.73. The molecule has 0 aliphatic rings. The number of nitrogens with zero attached hydrogens (tertiary/aromatic N) is 1. The van der Waals surface area contributed by atoms with Crippen molar-refractivity contribution in [1.29, 1.82) is 0 Å². The molecule has 8 nitrogen and oxygen atoms in total. The number of esters is 2. The van der Waals surface area contributed by atoms with Crippen molar-refractivity contribution in [2.24, 2.45) is 0 Å². The lowest BCUT2D eigenvalue weighted by Gasteiger charge is -2.18. The van der Waals surface area contributed by atoms with Crippen molar-refractivity contribution in [3.63, 3.8) is 0 Å². The van der Waals surface area contributed by atoms with Crippen LogP contribution < -0.4 is 5.32 Å². The molecule has 0 amide bonds. The number of ether oxygens (including phenoxy) is 2. The summed E-state index contributed by atoms with van der Waals surface area (Å²) >= 11 is 5.77. The molecular weight excluding hydrogens is 340 g/mol. The normalized spacial score (nSPS) is 10.3. The van der Waals surface area contributed by atoms with Crippen LogP contribution in [-0.4, -0.2) is 36.1 Å². The molecule has 24 heavy (non-hydrogen) atoms. The van der Waals surface area contributed by atoms with Gasteiger partial charge in [-0.1, -0.05) is 11.6 Å². The molecule has 0 aromatic heterocycles. The van der Waals surface area contributed by atoms with Gasteiger partial charge in [0, 0.05) is 17.1 Å². The topological polar surface area (TPSA) is 108 Å². The number of nitro groups is 1. The fraction of sp³-hybridized carbons (Fsp3) is 0.467. The predicted octanol–water partition coefficient (Wildman–Crippen LogP) is 2.94. The number of anilines is 1. The van der Waals surface area contributed by atoms with E-state index in [4.69, 9.17) is 21.1 Å².